The quantitative estimate of drug-likeness (QED) is 0.640. The minimum Gasteiger partial charge on any atom is -0.390 e. The molecular formula is C9H13ClN2O2. The Morgan fingerprint density at radius 2 is 2.21 bits per heavy atom. The van der Waals surface area contributed by atoms with Crippen molar-refractivity contribution in [3.05, 3.63) is 29.0 Å². The summed E-state index contributed by atoms with van der Waals surface area (Å²) in [5, 5.41) is 19.4. The van der Waals surface area contributed by atoms with E-state index in [4.69, 9.17) is 17.3 Å². The van der Waals surface area contributed by atoms with E-state index in [1.807, 2.05) is 0 Å². The highest BCUT2D eigenvalue weighted by molar-refractivity contribution is 6.30. The second-order valence-corrected chi connectivity index (χ2v) is 3.33. The van der Waals surface area contributed by atoms with Gasteiger partial charge in [0.25, 0.3) is 0 Å². The van der Waals surface area contributed by atoms with E-state index < -0.39 is 12.2 Å². The minimum atomic E-state index is -1.03. The van der Waals surface area contributed by atoms with Crippen molar-refractivity contribution in [2.24, 2.45) is 5.73 Å². The first-order valence-electron chi connectivity index (χ1n) is 4.33. The van der Waals surface area contributed by atoms with Crippen molar-refractivity contribution < 1.29 is 10.2 Å². The first-order valence-corrected chi connectivity index (χ1v) is 4.71. The monoisotopic (exact) mass is 216 g/mol. The van der Waals surface area contributed by atoms with Gasteiger partial charge in [0, 0.05) is 11.8 Å². The third-order valence-electron chi connectivity index (χ3n) is 1.93. The van der Waals surface area contributed by atoms with Crippen LogP contribution in [0.4, 0.5) is 0 Å². The van der Waals surface area contributed by atoms with Crippen LogP contribution in [0.5, 0.6) is 0 Å². The Morgan fingerprint density at radius 1 is 1.50 bits per heavy atom. The van der Waals surface area contributed by atoms with Crippen LogP contribution in [0, 0.1) is 0 Å². The summed E-state index contributed by atoms with van der Waals surface area (Å²) in [6.07, 6.45) is -0.0817. The van der Waals surface area contributed by atoms with E-state index in [-0.39, 0.29) is 5.15 Å². The highest BCUT2D eigenvalue weighted by Crippen LogP contribution is 2.23. The molecule has 1 aromatic heterocycles. The van der Waals surface area contributed by atoms with Crippen molar-refractivity contribution in [1.82, 2.24) is 4.98 Å². The molecule has 1 aromatic rings. The average molecular weight is 217 g/mol. The summed E-state index contributed by atoms with van der Waals surface area (Å²) < 4.78 is 0. The second kappa shape index (κ2) is 5.26. The Hall–Kier alpha value is -0.680. The molecule has 78 valence electrons. The van der Waals surface area contributed by atoms with Crippen molar-refractivity contribution >= 4 is 11.6 Å². The number of nitrogens with two attached hydrogens (primary N) is 1. The van der Waals surface area contributed by atoms with E-state index >= 15 is 0 Å². The number of halogens is 1. The average Bonchev–Trinajstić information content (AvgIpc) is 2.18. The highest BCUT2D eigenvalue weighted by atomic mass is 35.5. The van der Waals surface area contributed by atoms with E-state index in [0.29, 0.717) is 18.5 Å². The SMILES string of the molecule is NCCC(O)C(O)c1cccnc1Cl. The molecule has 0 saturated heterocycles. The lowest BCUT2D eigenvalue weighted by atomic mass is 10.0. The fourth-order valence-electron chi connectivity index (χ4n) is 1.15. The van der Waals surface area contributed by atoms with Crippen LogP contribution >= 0.6 is 11.6 Å². The summed E-state index contributed by atoms with van der Waals surface area (Å²) in [6.45, 7) is 0.316. The standard InChI is InChI=1S/C9H13ClN2O2/c10-9-6(2-1-5-12-9)8(14)7(13)3-4-11/h1-2,5,7-8,13-14H,3-4,11H2. The minimum absolute atomic E-state index is 0.205. The molecular weight excluding hydrogens is 204 g/mol. The van der Waals surface area contributed by atoms with Gasteiger partial charge in [-0.25, -0.2) is 4.98 Å². The molecule has 0 amide bonds. The van der Waals surface area contributed by atoms with Crippen LogP contribution in [-0.2, 0) is 0 Å². The van der Waals surface area contributed by atoms with Crippen LogP contribution in [0.2, 0.25) is 5.15 Å². The van der Waals surface area contributed by atoms with Crippen LogP contribution in [-0.4, -0.2) is 27.8 Å². The first kappa shape index (κ1) is 11.4. The first-order chi connectivity index (χ1) is 6.66. The number of aromatic nitrogens is 1. The topological polar surface area (TPSA) is 79.4 Å². The normalized spacial score (nSPS) is 15.1. The Balaban J connectivity index is 2.78. The van der Waals surface area contributed by atoms with E-state index in [9.17, 15) is 10.2 Å². The van der Waals surface area contributed by atoms with Crippen molar-refractivity contribution in [1.29, 1.82) is 0 Å². The van der Waals surface area contributed by atoms with Gasteiger partial charge in [-0.15, -0.1) is 0 Å². The van der Waals surface area contributed by atoms with E-state index in [1.165, 1.54) is 6.20 Å². The van der Waals surface area contributed by atoms with Gasteiger partial charge in [0.15, 0.2) is 0 Å². The number of hydrogen-bond acceptors (Lipinski definition) is 4. The molecule has 0 aromatic carbocycles. The fourth-order valence-corrected chi connectivity index (χ4v) is 1.39. The largest absolute Gasteiger partial charge is 0.390 e. The van der Waals surface area contributed by atoms with E-state index in [2.05, 4.69) is 4.98 Å². The summed E-state index contributed by atoms with van der Waals surface area (Å²) in [6, 6.07) is 3.28. The van der Waals surface area contributed by atoms with Crippen LogP contribution in [0.25, 0.3) is 0 Å². The third-order valence-corrected chi connectivity index (χ3v) is 2.25. The zero-order valence-electron chi connectivity index (χ0n) is 7.60. The number of nitrogens with zero attached hydrogens (tertiary/aromatic N) is 1. The summed E-state index contributed by atoms with van der Waals surface area (Å²) in [5.74, 6) is 0. The predicted octanol–water partition coefficient (Wildman–Crippen LogP) is 0.478. The second-order valence-electron chi connectivity index (χ2n) is 2.97. The van der Waals surface area contributed by atoms with Crippen LogP contribution in [0.3, 0.4) is 0 Å². The molecule has 1 rings (SSSR count). The number of rotatable bonds is 4. The van der Waals surface area contributed by atoms with Crippen molar-refractivity contribution in [2.75, 3.05) is 6.54 Å². The Kier molecular flexibility index (Phi) is 4.28. The van der Waals surface area contributed by atoms with E-state index in [0.717, 1.165) is 0 Å². The van der Waals surface area contributed by atoms with Crippen molar-refractivity contribution in [3.63, 3.8) is 0 Å². The number of pyridine rings is 1. The van der Waals surface area contributed by atoms with Gasteiger partial charge in [0.1, 0.15) is 11.3 Å². The molecule has 0 saturated carbocycles. The van der Waals surface area contributed by atoms with Gasteiger partial charge in [-0.05, 0) is 19.0 Å². The summed E-state index contributed by atoms with van der Waals surface area (Å²) in [4.78, 5) is 3.81. The molecule has 0 bridgehead atoms. The lowest BCUT2D eigenvalue weighted by Crippen LogP contribution is -2.22. The molecule has 0 aliphatic heterocycles. The maximum Gasteiger partial charge on any atom is 0.134 e. The molecule has 1 heterocycles. The van der Waals surface area contributed by atoms with Crippen LogP contribution in [0.1, 0.15) is 18.1 Å². The molecule has 0 aliphatic carbocycles. The molecule has 2 unspecified atom stereocenters. The summed E-state index contributed by atoms with van der Waals surface area (Å²) in [7, 11) is 0. The van der Waals surface area contributed by atoms with Crippen LogP contribution in [0.15, 0.2) is 18.3 Å². The van der Waals surface area contributed by atoms with Gasteiger partial charge < -0.3 is 15.9 Å². The Labute approximate surface area is 87.3 Å². The van der Waals surface area contributed by atoms with Crippen molar-refractivity contribution in [2.45, 2.75) is 18.6 Å². The predicted molar refractivity (Wildman–Crippen MR) is 53.9 cm³/mol. The molecule has 0 spiro atoms. The number of aliphatic hydroxyl groups is 2. The smallest absolute Gasteiger partial charge is 0.134 e. The van der Waals surface area contributed by atoms with Gasteiger partial charge in [0.05, 0.1) is 6.10 Å². The Morgan fingerprint density at radius 3 is 2.79 bits per heavy atom. The van der Waals surface area contributed by atoms with Gasteiger partial charge in [-0.2, -0.15) is 0 Å². The summed E-state index contributed by atoms with van der Waals surface area (Å²) in [5.41, 5.74) is 5.69. The van der Waals surface area contributed by atoms with Gasteiger partial charge in [-0.1, -0.05) is 17.7 Å². The number of aliphatic hydroxyl groups excluding tert-OH is 2. The molecule has 2 atom stereocenters. The molecule has 0 radical (unpaired) electrons. The number of hydrogen-bond donors (Lipinski definition) is 3. The van der Waals surface area contributed by atoms with Crippen LogP contribution < -0.4 is 5.73 Å². The molecule has 14 heavy (non-hydrogen) atoms. The zero-order chi connectivity index (χ0) is 10.6. The fraction of sp³-hybridized carbons (Fsp3) is 0.444. The molecule has 0 aliphatic rings. The van der Waals surface area contributed by atoms with Crippen molar-refractivity contribution in [3.8, 4) is 0 Å². The van der Waals surface area contributed by atoms with Gasteiger partial charge in [0.2, 0.25) is 0 Å². The Bertz CT molecular complexity index is 296. The lowest BCUT2D eigenvalue weighted by Gasteiger charge is -2.17. The van der Waals surface area contributed by atoms with Gasteiger partial charge >= 0.3 is 0 Å². The summed E-state index contributed by atoms with van der Waals surface area (Å²) >= 11 is 5.75. The third kappa shape index (κ3) is 2.65. The van der Waals surface area contributed by atoms with Gasteiger partial charge in [-0.3, -0.25) is 0 Å². The van der Waals surface area contributed by atoms with E-state index in [1.54, 1.807) is 12.1 Å². The molecule has 4 nitrogen and oxygen atoms in total. The lowest BCUT2D eigenvalue weighted by molar-refractivity contribution is 0.0149. The maximum atomic E-state index is 9.67. The highest BCUT2D eigenvalue weighted by Gasteiger charge is 2.20. The maximum absolute atomic E-state index is 9.67. The molecule has 0 fully saturated rings. The zero-order valence-corrected chi connectivity index (χ0v) is 8.35. The molecule has 4 N–H and O–H groups in total. The molecule has 5 heteroatoms.